The van der Waals surface area contributed by atoms with Gasteiger partial charge in [0.1, 0.15) is 6.04 Å². The van der Waals surface area contributed by atoms with Gasteiger partial charge in [0.25, 0.3) is 5.97 Å². The van der Waals surface area contributed by atoms with Crippen LogP contribution in [0.4, 0.5) is 0 Å². The molecular formula is C20H16AlKN3O2. The average Bonchev–Trinajstić information content (AvgIpc) is 2.72. The molecule has 5 nitrogen and oxygen atoms in total. The first kappa shape index (κ1) is 22.1. The summed E-state index contributed by atoms with van der Waals surface area (Å²) < 4.78 is 4.88. The molecular weight excluding hydrogens is 380 g/mol. The Bertz CT molecular complexity index is 836. The molecule has 1 aromatic heterocycles. The van der Waals surface area contributed by atoms with Crippen LogP contribution >= 0.6 is 0 Å². The van der Waals surface area contributed by atoms with Crippen LogP contribution in [0.15, 0.2) is 84.2 Å². The topological polar surface area (TPSA) is 64.4 Å². The maximum absolute atomic E-state index is 12.3. The van der Waals surface area contributed by atoms with E-state index in [9.17, 15) is 4.79 Å². The van der Waals surface area contributed by atoms with Crippen LogP contribution in [0.1, 0.15) is 16.8 Å². The number of aromatic nitrogens is 2. The summed E-state index contributed by atoms with van der Waals surface area (Å²) in [4.78, 5) is 25.4. The number of benzene rings is 2. The second kappa shape index (κ2) is 11.6. The summed E-state index contributed by atoms with van der Waals surface area (Å²) in [5.74, 6) is -0.440. The molecule has 0 aliphatic heterocycles. The summed E-state index contributed by atoms with van der Waals surface area (Å²) in [6, 6.07) is 18.8. The zero-order valence-corrected chi connectivity index (χ0v) is 19.3. The van der Waals surface area contributed by atoms with Gasteiger partial charge < -0.3 is 3.79 Å². The molecule has 27 heavy (non-hydrogen) atoms. The quantitative estimate of drug-likeness (QED) is 0.473. The minimum atomic E-state index is -0.723. The van der Waals surface area contributed by atoms with Gasteiger partial charge in [0, 0.05) is 87.5 Å². The molecule has 0 spiro atoms. The Morgan fingerprint density at radius 2 is 1.59 bits per heavy atom. The minimum absolute atomic E-state index is 0. The molecule has 0 N–H and O–H groups in total. The van der Waals surface area contributed by atoms with Crippen molar-refractivity contribution in [2.24, 2.45) is 4.99 Å². The van der Waals surface area contributed by atoms with E-state index in [4.69, 9.17) is 8.78 Å². The Kier molecular flexibility index (Phi) is 9.52. The third-order valence-corrected chi connectivity index (χ3v) is 4.02. The predicted molar refractivity (Wildman–Crippen MR) is 106 cm³/mol. The fourth-order valence-electron chi connectivity index (χ4n) is 2.56. The Labute approximate surface area is 209 Å². The predicted octanol–water partition coefficient (Wildman–Crippen LogP) is 2.17. The number of carbonyl (C=O) groups is 1. The molecule has 127 valence electrons. The van der Waals surface area contributed by atoms with Crippen LogP contribution in [-0.2, 0) is 15.0 Å². The van der Waals surface area contributed by atoms with Crippen molar-refractivity contribution in [2.45, 2.75) is 12.5 Å². The molecule has 3 radical (unpaired) electrons. The van der Waals surface area contributed by atoms with Crippen LogP contribution in [0, 0.1) is 0 Å². The molecule has 0 saturated heterocycles. The van der Waals surface area contributed by atoms with E-state index in [1.54, 1.807) is 18.6 Å². The first-order valence-corrected chi connectivity index (χ1v) is 8.59. The Hall–Kier alpha value is -1.17. The van der Waals surface area contributed by atoms with E-state index in [1.165, 1.54) is 0 Å². The maximum atomic E-state index is 12.3. The molecule has 3 aromatic rings. The molecule has 0 saturated carbocycles. The third-order valence-electron chi connectivity index (χ3n) is 3.79. The summed E-state index contributed by atoms with van der Waals surface area (Å²) in [5, 5.41) is 0. The molecule has 0 bridgehead atoms. The SMILES string of the molecule is O=C([O][Al])C(Cc1cnccn1)N=C(c1ccccc1)c1ccccc1.[K]. The van der Waals surface area contributed by atoms with Gasteiger partial charge in [-0.1, -0.05) is 60.7 Å². The average molecular weight is 396 g/mol. The van der Waals surface area contributed by atoms with Gasteiger partial charge >= 0.3 is 16.6 Å². The Morgan fingerprint density at radius 3 is 2.07 bits per heavy atom. The largest absolute Gasteiger partial charge is 0.626 e. The zero-order chi connectivity index (χ0) is 18.2. The number of hydrogen-bond acceptors (Lipinski definition) is 5. The van der Waals surface area contributed by atoms with Gasteiger partial charge in [0.15, 0.2) is 0 Å². The molecule has 0 aliphatic carbocycles. The number of aliphatic imine (C=N–C) groups is 1. The minimum Gasteiger partial charge on any atom is -0.626 e. The first-order valence-electron chi connectivity index (χ1n) is 8.12. The van der Waals surface area contributed by atoms with Gasteiger partial charge in [-0.3, -0.25) is 19.8 Å². The standard InChI is InChI=1S/C20H17N3O2.Al.K/c24-20(25)18(13-17-14-21-11-12-22-17)23-19(15-7-3-1-4-8-15)16-9-5-2-6-10-16;;/h1-12,14,18H,13H2,(H,24,25);;/q;+1;/p-1. The number of hydrogen-bond donors (Lipinski definition) is 0. The summed E-state index contributed by atoms with van der Waals surface area (Å²) in [7, 11) is 0. The van der Waals surface area contributed by atoms with E-state index in [0.717, 1.165) is 16.8 Å². The van der Waals surface area contributed by atoms with Crippen molar-refractivity contribution < 1.29 is 8.58 Å². The summed E-state index contributed by atoms with van der Waals surface area (Å²) in [5.41, 5.74) is 3.27. The second-order valence-corrected chi connectivity index (χ2v) is 5.80. The molecule has 7 heteroatoms. The van der Waals surface area contributed by atoms with Crippen LogP contribution in [-0.4, -0.2) is 95.7 Å². The fraction of sp³-hybridized carbons (Fsp3) is 0.100. The van der Waals surface area contributed by atoms with Crippen molar-refractivity contribution in [1.82, 2.24) is 9.97 Å². The van der Waals surface area contributed by atoms with Crippen molar-refractivity contribution >= 4 is 79.7 Å². The van der Waals surface area contributed by atoms with Crippen LogP contribution in [0.5, 0.6) is 0 Å². The number of carbonyl (C=O) groups excluding carboxylic acids is 1. The number of nitrogens with zero attached hydrogens (tertiary/aromatic N) is 3. The van der Waals surface area contributed by atoms with Crippen molar-refractivity contribution in [1.29, 1.82) is 0 Å². The van der Waals surface area contributed by atoms with Crippen molar-refractivity contribution in [2.75, 3.05) is 0 Å². The van der Waals surface area contributed by atoms with E-state index < -0.39 is 12.0 Å². The van der Waals surface area contributed by atoms with Crippen LogP contribution in [0.3, 0.4) is 0 Å². The fourth-order valence-corrected chi connectivity index (χ4v) is 2.71. The molecule has 1 atom stereocenters. The summed E-state index contributed by atoms with van der Waals surface area (Å²) >= 11 is 1.99. The molecule has 0 aliphatic rings. The molecule has 3 rings (SSSR count). The van der Waals surface area contributed by atoms with E-state index in [2.05, 4.69) is 9.97 Å². The summed E-state index contributed by atoms with van der Waals surface area (Å²) in [6.45, 7) is 0. The maximum Gasteiger partial charge on any atom is 0.484 e. The zero-order valence-electron chi connectivity index (χ0n) is 15.0. The smallest absolute Gasteiger partial charge is 0.484 e. The Balaban J connectivity index is 0.00000261. The molecule has 0 amide bonds. The normalized spacial score (nSPS) is 11.0. The van der Waals surface area contributed by atoms with Gasteiger partial charge in [0.05, 0.1) is 11.4 Å². The summed E-state index contributed by atoms with van der Waals surface area (Å²) in [6.07, 6.45) is 5.13. The van der Waals surface area contributed by atoms with Crippen LogP contribution in [0.2, 0.25) is 0 Å². The van der Waals surface area contributed by atoms with Gasteiger partial charge in [-0.25, -0.2) is 0 Å². The van der Waals surface area contributed by atoms with Gasteiger partial charge in [-0.2, -0.15) is 0 Å². The van der Waals surface area contributed by atoms with Gasteiger partial charge in [-0.15, -0.1) is 0 Å². The van der Waals surface area contributed by atoms with Crippen LogP contribution < -0.4 is 0 Å². The van der Waals surface area contributed by atoms with Crippen molar-refractivity contribution in [3.63, 3.8) is 0 Å². The van der Waals surface area contributed by atoms with E-state index in [1.807, 2.05) is 77.3 Å². The van der Waals surface area contributed by atoms with Crippen molar-refractivity contribution in [3.05, 3.63) is 96.1 Å². The van der Waals surface area contributed by atoms with E-state index in [0.29, 0.717) is 12.1 Å². The number of rotatable bonds is 6. The van der Waals surface area contributed by atoms with E-state index in [-0.39, 0.29) is 51.4 Å². The van der Waals surface area contributed by atoms with Crippen molar-refractivity contribution in [3.8, 4) is 0 Å². The molecule has 1 unspecified atom stereocenters. The monoisotopic (exact) mass is 396 g/mol. The van der Waals surface area contributed by atoms with Gasteiger partial charge in [-0.05, 0) is 0 Å². The second-order valence-electron chi connectivity index (χ2n) is 5.56. The van der Waals surface area contributed by atoms with E-state index >= 15 is 0 Å². The first-order chi connectivity index (χ1) is 12.8. The Morgan fingerprint density at radius 1 is 1.00 bits per heavy atom. The molecule has 0 fully saturated rings. The van der Waals surface area contributed by atoms with Crippen LogP contribution in [0.25, 0.3) is 0 Å². The molecule has 1 heterocycles. The van der Waals surface area contributed by atoms with Gasteiger partial charge in [0.2, 0.25) is 0 Å². The third kappa shape index (κ3) is 6.44. The molecule has 2 aromatic carbocycles.